The van der Waals surface area contributed by atoms with Crippen LogP contribution < -0.4 is 5.32 Å². The molecule has 1 aromatic carbocycles. The number of nitrogens with one attached hydrogen (secondary N) is 1. The van der Waals surface area contributed by atoms with Gasteiger partial charge in [0.15, 0.2) is 0 Å². The number of nitro benzene ring substituents is 1. The molecule has 0 bridgehead atoms. The van der Waals surface area contributed by atoms with E-state index < -0.39 is 29.4 Å². The minimum atomic E-state index is -1.07. The van der Waals surface area contributed by atoms with Gasteiger partial charge in [-0.1, -0.05) is 19.1 Å². The van der Waals surface area contributed by atoms with Crippen molar-refractivity contribution in [3.63, 3.8) is 0 Å². The standard InChI is InChI=1S/C24H32N2O9/c1-4-9-33-11-13-35-24(29)22-19(15-27)25-16(3)20(23(28)34-12-10-32-5-2)21(22)17-7-6-8-18(14-17)26(30)31/h6-8,14,21,25,27H,4-5,9-13,15H2,1-3H3. The summed E-state index contributed by atoms with van der Waals surface area (Å²) in [6.45, 7) is 6.08. The van der Waals surface area contributed by atoms with E-state index in [0.717, 1.165) is 6.42 Å². The quantitative estimate of drug-likeness (QED) is 0.172. The summed E-state index contributed by atoms with van der Waals surface area (Å²) in [5.41, 5.74) is 0.601. The molecule has 11 nitrogen and oxygen atoms in total. The number of aliphatic hydroxyl groups excluding tert-OH is 1. The first-order chi connectivity index (χ1) is 16.8. The lowest BCUT2D eigenvalue weighted by molar-refractivity contribution is -0.384. The molecule has 35 heavy (non-hydrogen) atoms. The van der Waals surface area contributed by atoms with Crippen molar-refractivity contribution in [3.05, 3.63) is 62.5 Å². The summed E-state index contributed by atoms with van der Waals surface area (Å²) >= 11 is 0. The van der Waals surface area contributed by atoms with E-state index in [1.54, 1.807) is 13.0 Å². The molecule has 1 aliphatic rings. The second kappa shape index (κ2) is 14.2. The topological polar surface area (TPSA) is 146 Å². The number of nitro groups is 1. The summed E-state index contributed by atoms with van der Waals surface area (Å²) < 4.78 is 21.3. The average molecular weight is 493 g/mol. The Morgan fingerprint density at radius 1 is 1.03 bits per heavy atom. The fraction of sp³-hybridized carbons (Fsp3) is 0.500. The number of esters is 2. The second-order valence-corrected chi connectivity index (χ2v) is 7.58. The minimum Gasteiger partial charge on any atom is -0.460 e. The van der Waals surface area contributed by atoms with Gasteiger partial charge in [-0.15, -0.1) is 0 Å². The third-order valence-electron chi connectivity index (χ3n) is 5.13. The number of non-ortho nitro benzene ring substituents is 1. The number of hydrogen-bond acceptors (Lipinski definition) is 10. The first-order valence-electron chi connectivity index (χ1n) is 11.4. The van der Waals surface area contributed by atoms with Crippen LogP contribution in [-0.4, -0.2) is 68.2 Å². The van der Waals surface area contributed by atoms with E-state index in [1.807, 2.05) is 13.8 Å². The molecule has 1 aromatic rings. The van der Waals surface area contributed by atoms with Crippen molar-refractivity contribution in [2.45, 2.75) is 33.1 Å². The summed E-state index contributed by atoms with van der Waals surface area (Å²) in [7, 11) is 0. The Bertz CT molecular complexity index is 971. The lowest BCUT2D eigenvalue weighted by Crippen LogP contribution is -2.35. The van der Waals surface area contributed by atoms with Crippen LogP contribution in [0.3, 0.4) is 0 Å². The second-order valence-electron chi connectivity index (χ2n) is 7.58. The molecule has 1 atom stereocenters. The number of nitrogens with zero attached hydrogens (tertiary/aromatic N) is 1. The number of rotatable bonds is 14. The van der Waals surface area contributed by atoms with Crippen LogP contribution >= 0.6 is 0 Å². The zero-order valence-electron chi connectivity index (χ0n) is 20.2. The Kier molecular flexibility index (Phi) is 11.3. The first-order valence-corrected chi connectivity index (χ1v) is 11.4. The number of aliphatic hydroxyl groups is 1. The third-order valence-corrected chi connectivity index (χ3v) is 5.13. The normalized spacial score (nSPS) is 15.6. The Balaban J connectivity index is 2.47. The zero-order valence-corrected chi connectivity index (χ0v) is 20.2. The predicted molar refractivity (Wildman–Crippen MR) is 125 cm³/mol. The van der Waals surface area contributed by atoms with Gasteiger partial charge < -0.3 is 29.4 Å². The van der Waals surface area contributed by atoms with Gasteiger partial charge in [0.25, 0.3) is 5.69 Å². The molecule has 0 amide bonds. The molecule has 1 unspecified atom stereocenters. The number of ether oxygens (including phenoxy) is 4. The van der Waals surface area contributed by atoms with Gasteiger partial charge in [0.2, 0.25) is 0 Å². The van der Waals surface area contributed by atoms with Crippen LogP contribution in [0, 0.1) is 10.1 Å². The molecule has 0 saturated heterocycles. The molecule has 0 aromatic heterocycles. The van der Waals surface area contributed by atoms with Crippen molar-refractivity contribution in [1.29, 1.82) is 0 Å². The van der Waals surface area contributed by atoms with Crippen LogP contribution in [0.15, 0.2) is 46.8 Å². The number of dihydropyridines is 1. The number of hydrogen-bond donors (Lipinski definition) is 2. The van der Waals surface area contributed by atoms with Gasteiger partial charge in [0.1, 0.15) is 13.2 Å². The van der Waals surface area contributed by atoms with Gasteiger partial charge in [-0.25, -0.2) is 9.59 Å². The Hall–Kier alpha value is -3.28. The number of benzene rings is 1. The largest absolute Gasteiger partial charge is 0.460 e. The van der Waals surface area contributed by atoms with Gasteiger partial charge in [-0.3, -0.25) is 10.1 Å². The molecule has 0 radical (unpaired) electrons. The summed E-state index contributed by atoms with van der Waals surface area (Å²) in [5.74, 6) is -2.58. The maximum absolute atomic E-state index is 13.2. The van der Waals surface area contributed by atoms with Crippen LogP contribution in [0.5, 0.6) is 0 Å². The molecule has 192 valence electrons. The van der Waals surface area contributed by atoms with Crippen LogP contribution in [0.25, 0.3) is 0 Å². The molecular weight excluding hydrogens is 460 g/mol. The Morgan fingerprint density at radius 3 is 2.29 bits per heavy atom. The van der Waals surface area contributed by atoms with Crippen LogP contribution in [0.1, 0.15) is 38.7 Å². The number of carbonyl (C=O) groups is 2. The van der Waals surface area contributed by atoms with E-state index in [4.69, 9.17) is 18.9 Å². The molecule has 0 fully saturated rings. The summed E-state index contributed by atoms with van der Waals surface area (Å²) in [6, 6.07) is 5.61. The predicted octanol–water partition coefficient (Wildman–Crippen LogP) is 2.35. The number of allylic oxidation sites excluding steroid dienone is 1. The third kappa shape index (κ3) is 7.61. The minimum absolute atomic E-state index is 0.0176. The maximum atomic E-state index is 13.2. The van der Waals surface area contributed by atoms with Crippen molar-refractivity contribution < 1.29 is 38.6 Å². The summed E-state index contributed by atoms with van der Waals surface area (Å²) in [5, 5.41) is 24.3. The lowest BCUT2D eigenvalue weighted by atomic mass is 9.80. The lowest BCUT2D eigenvalue weighted by Gasteiger charge is -2.31. The fourth-order valence-electron chi connectivity index (χ4n) is 3.62. The highest BCUT2D eigenvalue weighted by atomic mass is 16.6. The van der Waals surface area contributed by atoms with Crippen LogP contribution in [0.2, 0.25) is 0 Å². The highest BCUT2D eigenvalue weighted by molar-refractivity contribution is 6.00. The molecule has 11 heteroatoms. The van der Waals surface area contributed by atoms with Crippen molar-refractivity contribution >= 4 is 17.6 Å². The van der Waals surface area contributed by atoms with Gasteiger partial charge in [0.05, 0.1) is 47.5 Å². The highest BCUT2D eigenvalue weighted by Crippen LogP contribution is 2.40. The van der Waals surface area contributed by atoms with E-state index in [1.165, 1.54) is 18.2 Å². The molecule has 1 heterocycles. The Morgan fingerprint density at radius 2 is 1.69 bits per heavy atom. The van der Waals surface area contributed by atoms with Crippen molar-refractivity contribution in [3.8, 4) is 0 Å². The van der Waals surface area contributed by atoms with E-state index in [-0.39, 0.29) is 49.0 Å². The molecule has 2 N–H and O–H groups in total. The number of carbonyl (C=O) groups excluding carboxylic acids is 2. The van der Waals surface area contributed by atoms with Gasteiger partial charge >= 0.3 is 11.9 Å². The SMILES string of the molecule is CCCOCCOC(=O)C1=C(CO)NC(C)=C(C(=O)OCCOCC)C1c1cccc([N+](=O)[O-])c1. The van der Waals surface area contributed by atoms with Crippen molar-refractivity contribution in [2.24, 2.45) is 0 Å². The van der Waals surface area contributed by atoms with Crippen molar-refractivity contribution in [1.82, 2.24) is 5.32 Å². The summed E-state index contributed by atoms with van der Waals surface area (Å²) in [6.07, 6.45) is 0.811. The molecule has 0 saturated carbocycles. The fourth-order valence-corrected chi connectivity index (χ4v) is 3.62. The van der Waals surface area contributed by atoms with E-state index >= 15 is 0 Å². The Labute approximate surface area is 203 Å². The molecular formula is C24H32N2O9. The van der Waals surface area contributed by atoms with Gasteiger partial charge in [0, 0.05) is 31.0 Å². The monoisotopic (exact) mass is 492 g/mol. The van der Waals surface area contributed by atoms with Gasteiger partial charge in [-0.2, -0.15) is 0 Å². The van der Waals surface area contributed by atoms with Crippen molar-refractivity contribution in [2.75, 3.05) is 46.2 Å². The van der Waals surface area contributed by atoms with Gasteiger partial charge in [-0.05, 0) is 25.8 Å². The van der Waals surface area contributed by atoms with E-state index in [0.29, 0.717) is 24.5 Å². The van der Waals surface area contributed by atoms with E-state index in [9.17, 15) is 24.8 Å². The molecule has 2 rings (SSSR count). The summed E-state index contributed by atoms with van der Waals surface area (Å²) in [4.78, 5) is 37.1. The molecule has 0 spiro atoms. The maximum Gasteiger partial charge on any atom is 0.336 e. The van der Waals surface area contributed by atoms with Crippen LogP contribution in [0.4, 0.5) is 5.69 Å². The smallest absolute Gasteiger partial charge is 0.336 e. The van der Waals surface area contributed by atoms with E-state index in [2.05, 4.69) is 5.32 Å². The zero-order chi connectivity index (χ0) is 25.8. The average Bonchev–Trinajstić information content (AvgIpc) is 2.85. The van der Waals surface area contributed by atoms with Crippen LogP contribution in [-0.2, 0) is 28.5 Å². The molecule has 1 aliphatic heterocycles. The first kappa shape index (κ1) is 28.0. The highest BCUT2D eigenvalue weighted by Gasteiger charge is 2.39. The molecule has 0 aliphatic carbocycles.